The Morgan fingerprint density at radius 3 is 2.53 bits per heavy atom. The number of urea groups is 1. The van der Waals surface area contributed by atoms with Crippen molar-refractivity contribution in [3.05, 3.63) is 29.3 Å². The summed E-state index contributed by atoms with van der Waals surface area (Å²) in [5.41, 5.74) is 0. The van der Waals surface area contributed by atoms with Crippen LogP contribution in [0.5, 0.6) is 0 Å². The minimum Gasteiger partial charge on any atom is -0.335 e. The molecular weight excluding hydrogens is 284 g/mol. The Morgan fingerprint density at radius 2 is 1.95 bits per heavy atom. The van der Waals surface area contributed by atoms with Crippen molar-refractivity contribution in [2.45, 2.75) is 31.2 Å². The standard InChI is InChI=1S/C13H17ClN2O2S/c1-3-9(2)15-13(18)16-12(17)8-19-11-6-4-10(14)5-7-11/h4-7,9H,3,8H2,1-2H3,(H2,15,16,17,18)/t9-/m1/s1. The first-order valence-electron chi connectivity index (χ1n) is 6.00. The molecule has 1 aromatic rings. The molecular formula is C13H17ClN2O2S. The zero-order valence-corrected chi connectivity index (χ0v) is 12.5. The van der Waals surface area contributed by atoms with Gasteiger partial charge in [-0.3, -0.25) is 10.1 Å². The molecule has 0 fully saturated rings. The van der Waals surface area contributed by atoms with Gasteiger partial charge in [0, 0.05) is 16.0 Å². The topological polar surface area (TPSA) is 58.2 Å². The van der Waals surface area contributed by atoms with Crippen LogP contribution in [0.15, 0.2) is 29.2 Å². The Labute approximate surface area is 122 Å². The highest BCUT2D eigenvalue weighted by Crippen LogP contribution is 2.19. The van der Waals surface area contributed by atoms with Crippen molar-refractivity contribution < 1.29 is 9.59 Å². The minimum absolute atomic E-state index is 0.0525. The maximum absolute atomic E-state index is 11.5. The van der Waals surface area contributed by atoms with Crippen LogP contribution in [0.3, 0.4) is 0 Å². The van der Waals surface area contributed by atoms with Gasteiger partial charge in [-0.05, 0) is 37.6 Å². The minimum atomic E-state index is -0.448. The van der Waals surface area contributed by atoms with E-state index in [9.17, 15) is 9.59 Å². The summed E-state index contributed by atoms with van der Waals surface area (Å²) in [4.78, 5) is 23.9. The second kappa shape index (κ2) is 8.07. The van der Waals surface area contributed by atoms with Crippen molar-refractivity contribution in [2.75, 3.05) is 5.75 Å². The SMILES string of the molecule is CC[C@@H](C)NC(=O)NC(=O)CSc1ccc(Cl)cc1. The lowest BCUT2D eigenvalue weighted by Gasteiger charge is -2.11. The van der Waals surface area contributed by atoms with Crippen LogP contribution in [-0.2, 0) is 4.79 Å². The van der Waals surface area contributed by atoms with Gasteiger partial charge >= 0.3 is 6.03 Å². The third kappa shape index (κ3) is 6.50. The Morgan fingerprint density at radius 1 is 1.32 bits per heavy atom. The summed E-state index contributed by atoms with van der Waals surface area (Å²) in [5.74, 6) is -0.129. The molecule has 1 rings (SSSR count). The largest absolute Gasteiger partial charge is 0.335 e. The van der Waals surface area contributed by atoms with Crippen LogP contribution < -0.4 is 10.6 Å². The molecule has 0 saturated carbocycles. The summed E-state index contributed by atoms with van der Waals surface area (Å²) in [6.07, 6.45) is 0.821. The smallest absolute Gasteiger partial charge is 0.321 e. The molecule has 0 aliphatic carbocycles. The molecule has 2 N–H and O–H groups in total. The van der Waals surface area contributed by atoms with Crippen molar-refractivity contribution in [3.63, 3.8) is 0 Å². The van der Waals surface area contributed by atoms with Gasteiger partial charge in [0.2, 0.25) is 5.91 Å². The van der Waals surface area contributed by atoms with Crippen molar-refractivity contribution >= 4 is 35.3 Å². The fraction of sp³-hybridized carbons (Fsp3) is 0.385. The molecule has 0 radical (unpaired) electrons. The number of thioether (sulfide) groups is 1. The second-order valence-corrected chi connectivity index (χ2v) is 5.56. The molecule has 0 bridgehead atoms. The van der Waals surface area contributed by atoms with Gasteiger partial charge in [-0.15, -0.1) is 11.8 Å². The highest BCUT2D eigenvalue weighted by Gasteiger charge is 2.09. The fourth-order valence-corrected chi connectivity index (χ4v) is 2.03. The number of carbonyl (C=O) groups excluding carboxylic acids is 2. The molecule has 0 unspecified atom stereocenters. The molecule has 6 heteroatoms. The average Bonchev–Trinajstić information content (AvgIpc) is 2.37. The first-order chi connectivity index (χ1) is 9.01. The first-order valence-corrected chi connectivity index (χ1v) is 7.36. The van der Waals surface area contributed by atoms with Gasteiger partial charge in [0.25, 0.3) is 0 Å². The monoisotopic (exact) mass is 300 g/mol. The van der Waals surface area contributed by atoms with Crippen molar-refractivity contribution in [1.29, 1.82) is 0 Å². The lowest BCUT2D eigenvalue weighted by atomic mass is 10.3. The van der Waals surface area contributed by atoms with E-state index in [0.717, 1.165) is 11.3 Å². The molecule has 0 aliphatic rings. The van der Waals surface area contributed by atoms with E-state index in [1.807, 2.05) is 26.0 Å². The summed E-state index contributed by atoms with van der Waals surface area (Å²) < 4.78 is 0. The number of halogens is 1. The van der Waals surface area contributed by atoms with Gasteiger partial charge in [0.05, 0.1) is 5.75 Å². The zero-order valence-electron chi connectivity index (χ0n) is 10.9. The molecule has 4 nitrogen and oxygen atoms in total. The number of imide groups is 1. The molecule has 19 heavy (non-hydrogen) atoms. The third-order valence-electron chi connectivity index (χ3n) is 2.43. The zero-order chi connectivity index (χ0) is 14.3. The van der Waals surface area contributed by atoms with E-state index in [1.54, 1.807) is 12.1 Å². The van der Waals surface area contributed by atoms with Crippen LogP contribution in [0.25, 0.3) is 0 Å². The Hall–Kier alpha value is -1.20. The van der Waals surface area contributed by atoms with E-state index in [2.05, 4.69) is 10.6 Å². The Bertz CT molecular complexity index is 437. The summed E-state index contributed by atoms with van der Waals surface area (Å²) in [6.45, 7) is 3.84. The van der Waals surface area contributed by atoms with E-state index >= 15 is 0 Å². The Balaban J connectivity index is 2.31. The van der Waals surface area contributed by atoms with Crippen molar-refractivity contribution in [1.82, 2.24) is 10.6 Å². The maximum Gasteiger partial charge on any atom is 0.321 e. The van der Waals surface area contributed by atoms with E-state index in [0.29, 0.717) is 5.02 Å². The molecule has 1 aromatic carbocycles. The summed E-state index contributed by atoms with van der Waals surface area (Å²) in [7, 11) is 0. The lowest BCUT2D eigenvalue weighted by Crippen LogP contribution is -2.43. The van der Waals surface area contributed by atoms with Crippen LogP contribution >= 0.6 is 23.4 Å². The predicted octanol–water partition coefficient (Wildman–Crippen LogP) is 3.06. The van der Waals surface area contributed by atoms with Crippen molar-refractivity contribution in [3.8, 4) is 0 Å². The molecule has 0 aliphatic heterocycles. The maximum atomic E-state index is 11.5. The summed E-state index contributed by atoms with van der Waals surface area (Å²) >= 11 is 7.12. The van der Waals surface area contributed by atoms with Gasteiger partial charge in [0.15, 0.2) is 0 Å². The predicted molar refractivity (Wildman–Crippen MR) is 78.6 cm³/mol. The molecule has 104 valence electrons. The quantitative estimate of drug-likeness (QED) is 0.822. The van der Waals surface area contributed by atoms with E-state index < -0.39 is 6.03 Å². The summed E-state index contributed by atoms with van der Waals surface area (Å²) in [5, 5.41) is 5.61. The van der Waals surface area contributed by atoms with Gasteiger partial charge in [0.1, 0.15) is 0 Å². The average molecular weight is 301 g/mol. The van der Waals surface area contributed by atoms with Crippen molar-refractivity contribution in [2.24, 2.45) is 0 Å². The Kier molecular flexibility index (Phi) is 6.73. The molecule has 0 spiro atoms. The van der Waals surface area contributed by atoms with E-state index in [1.165, 1.54) is 11.8 Å². The second-order valence-electron chi connectivity index (χ2n) is 4.07. The molecule has 3 amide bonds. The highest BCUT2D eigenvalue weighted by molar-refractivity contribution is 8.00. The van der Waals surface area contributed by atoms with Gasteiger partial charge in [-0.2, -0.15) is 0 Å². The number of benzene rings is 1. The third-order valence-corrected chi connectivity index (χ3v) is 3.69. The van der Waals surface area contributed by atoms with Gasteiger partial charge in [-0.1, -0.05) is 18.5 Å². The molecule has 0 aromatic heterocycles. The van der Waals surface area contributed by atoms with Crippen LogP contribution in [0.1, 0.15) is 20.3 Å². The number of rotatable bonds is 5. The van der Waals surface area contributed by atoms with Crippen LogP contribution in [0.4, 0.5) is 4.79 Å². The number of hydrogen-bond acceptors (Lipinski definition) is 3. The number of amides is 3. The van der Waals surface area contributed by atoms with E-state index in [-0.39, 0.29) is 17.7 Å². The molecule has 0 saturated heterocycles. The lowest BCUT2D eigenvalue weighted by molar-refractivity contribution is -0.117. The molecule has 1 atom stereocenters. The number of carbonyl (C=O) groups is 2. The van der Waals surface area contributed by atoms with E-state index in [4.69, 9.17) is 11.6 Å². The number of hydrogen-bond donors (Lipinski definition) is 2. The van der Waals surface area contributed by atoms with Crippen LogP contribution in [0.2, 0.25) is 5.02 Å². The number of nitrogens with one attached hydrogen (secondary N) is 2. The van der Waals surface area contributed by atoms with Crippen LogP contribution in [-0.4, -0.2) is 23.7 Å². The van der Waals surface area contributed by atoms with Gasteiger partial charge < -0.3 is 5.32 Å². The first kappa shape index (κ1) is 15.9. The fourth-order valence-electron chi connectivity index (χ4n) is 1.20. The summed E-state index contributed by atoms with van der Waals surface area (Å²) in [6, 6.07) is 6.79. The van der Waals surface area contributed by atoms with Crippen LogP contribution in [0, 0.1) is 0 Å². The highest BCUT2D eigenvalue weighted by atomic mass is 35.5. The molecule has 0 heterocycles. The normalized spacial score (nSPS) is 11.7. The van der Waals surface area contributed by atoms with Gasteiger partial charge in [-0.25, -0.2) is 4.79 Å².